The second-order valence-electron chi connectivity index (χ2n) is 5.61. The maximum atomic E-state index is 11.2. The van der Waals surface area contributed by atoms with Gasteiger partial charge in [0, 0.05) is 13.6 Å². The summed E-state index contributed by atoms with van der Waals surface area (Å²) < 4.78 is 0. The van der Waals surface area contributed by atoms with Gasteiger partial charge < -0.3 is 10.6 Å². The molecule has 1 aliphatic rings. The van der Waals surface area contributed by atoms with E-state index in [1.807, 2.05) is 6.07 Å². The van der Waals surface area contributed by atoms with Crippen LogP contribution in [0.1, 0.15) is 32.6 Å². The van der Waals surface area contributed by atoms with Crippen molar-refractivity contribution >= 4 is 17.1 Å². The van der Waals surface area contributed by atoms with Gasteiger partial charge in [0.1, 0.15) is 11.4 Å². The van der Waals surface area contributed by atoms with E-state index in [1.165, 1.54) is 25.7 Å². The van der Waals surface area contributed by atoms with Crippen molar-refractivity contribution in [3.05, 3.63) is 28.3 Å². The molecule has 0 radical (unpaired) electrons. The molecule has 0 heterocycles. The van der Waals surface area contributed by atoms with Crippen LogP contribution in [0.2, 0.25) is 0 Å². The molecular weight excluding hydrogens is 254 g/mol. The zero-order chi connectivity index (χ0) is 14.5. The Labute approximate surface area is 119 Å². The number of nitrogens with zero attached hydrogens (tertiary/aromatic N) is 1. The van der Waals surface area contributed by atoms with Crippen molar-refractivity contribution < 1.29 is 4.92 Å². The third-order valence-electron chi connectivity index (χ3n) is 4.33. The van der Waals surface area contributed by atoms with Crippen LogP contribution in [-0.4, -0.2) is 18.5 Å². The number of hydrogen-bond donors (Lipinski definition) is 2. The summed E-state index contributed by atoms with van der Waals surface area (Å²) in [7, 11) is 1.70. The molecule has 2 rings (SSSR count). The Hall–Kier alpha value is -1.78. The second kappa shape index (κ2) is 6.59. The highest BCUT2D eigenvalue weighted by molar-refractivity contribution is 5.75. The van der Waals surface area contributed by atoms with Crippen molar-refractivity contribution in [3.8, 4) is 0 Å². The van der Waals surface area contributed by atoms with Crippen LogP contribution in [0.5, 0.6) is 0 Å². The largest absolute Gasteiger partial charge is 0.382 e. The highest BCUT2D eigenvalue weighted by Crippen LogP contribution is 2.34. The minimum absolute atomic E-state index is 0.137. The molecule has 5 heteroatoms. The maximum Gasteiger partial charge on any atom is 0.315 e. The molecule has 0 amide bonds. The Kier molecular flexibility index (Phi) is 4.82. The fourth-order valence-electron chi connectivity index (χ4n) is 3.02. The Balaban J connectivity index is 2.10. The lowest BCUT2D eigenvalue weighted by atomic mass is 9.80. The molecule has 0 saturated heterocycles. The van der Waals surface area contributed by atoms with Crippen LogP contribution in [0.15, 0.2) is 18.2 Å². The highest BCUT2D eigenvalue weighted by atomic mass is 16.6. The second-order valence-corrected chi connectivity index (χ2v) is 5.61. The van der Waals surface area contributed by atoms with Crippen LogP contribution in [0.4, 0.5) is 17.1 Å². The van der Waals surface area contributed by atoms with Gasteiger partial charge in [-0.2, -0.15) is 0 Å². The highest BCUT2D eigenvalue weighted by Gasteiger charge is 2.23. The zero-order valence-electron chi connectivity index (χ0n) is 12.2. The smallest absolute Gasteiger partial charge is 0.315 e. The van der Waals surface area contributed by atoms with E-state index in [0.29, 0.717) is 23.2 Å². The van der Waals surface area contributed by atoms with Crippen molar-refractivity contribution in [2.24, 2.45) is 11.8 Å². The Morgan fingerprint density at radius 3 is 2.65 bits per heavy atom. The van der Waals surface area contributed by atoms with E-state index in [2.05, 4.69) is 17.6 Å². The first-order chi connectivity index (χ1) is 9.63. The van der Waals surface area contributed by atoms with Gasteiger partial charge >= 0.3 is 5.69 Å². The van der Waals surface area contributed by atoms with Gasteiger partial charge in [-0.15, -0.1) is 0 Å². The summed E-state index contributed by atoms with van der Waals surface area (Å²) in [5.74, 6) is 1.31. The number of hydrogen-bond acceptors (Lipinski definition) is 4. The van der Waals surface area contributed by atoms with Gasteiger partial charge in [-0.05, 0) is 30.4 Å². The average Bonchev–Trinajstić information content (AvgIpc) is 2.45. The standard InChI is InChI=1S/C15H23N3O2/c1-11-6-3-4-7-12(11)10-17-14-9-5-8-13(16-2)15(14)18(19)20/h5,8-9,11-12,16-17H,3-4,6-7,10H2,1-2H3. The van der Waals surface area contributed by atoms with Gasteiger partial charge in [0.15, 0.2) is 0 Å². The Bertz CT molecular complexity index is 476. The molecule has 20 heavy (non-hydrogen) atoms. The average molecular weight is 277 g/mol. The zero-order valence-corrected chi connectivity index (χ0v) is 12.2. The van der Waals surface area contributed by atoms with Crippen molar-refractivity contribution in [1.82, 2.24) is 0 Å². The van der Waals surface area contributed by atoms with Crippen molar-refractivity contribution in [2.45, 2.75) is 32.6 Å². The van der Waals surface area contributed by atoms with Crippen LogP contribution in [0.25, 0.3) is 0 Å². The van der Waals surface area contributed by atoms with E-state index in [9.17, 15) is 10.1 Å². The van der Waals surface area contributed by atoms with Crippen molar-refractivity contribution in [3.63, 3.8) is 0 Å². The quantitative estimate of drug-likeness (QED) is 0.633. The van der Waals surface area contributed by atoms with Gasteiger partial charge in [0.2, 0.25) is 0 Å². The minimum Gasteiger partial charge on any atom is -0.382 e. The van der Waals surface area contributed by atoms with E-state index < -0.39 is 0 Å². The summed E-state index contributed by atoms with van der Waals surface area (Å²) in [6.07, 6.45) is 5.07. The summed E-state index contributed by atoms with van der Waals surface area (Å²) >= 11 is 0. The topological polar surface area (TPSA) is 67.2 Å². The molecule has 1 aromatic carbocycles. The molecule has 0 spiro atoms. The first-order valence-corrected chi connectivity index (χ1v) is 7.32. The SMILES string of the molecule is CNc1cccc(NCC2CCCCC2C)c1[N+](=O)[O-]. The lowest BCUT2D eigenvalue weighted by molar-refractivity contribution is -0.383. The van der Waals surface area contributed by atoms with Crippen LogP contribution in [0.3, 0.4) is 0 Å². The van der Waals surface area contributed by atoms with E-state index in [-0.39, 0.29) is 10.6 Å². The third-order valence-corrected chi connectivity index (χ3v) is 4.33. The van der Waals surface area contributed by atoms with Crippen LogP contribution in [-0.2, 0) is 0 Å². The van der Waals surface area contributed by atoms with Crippen molar-refractivity contribution in [2.75, 3.05) is 24.2 Å². The molecule has 0 aromatic heterocycles. The molecule has 2 N–H and O–H groups in total. The lowest BCUT2D eigenvalue weighted by Gasteiger charge is -2.29. The first-order valence-electron chi connectivity index (χ1n) is 7.32. The van der Waals surface area contributed by atoms with Gasteiger partial charge in [-0.3, -0.25) is 10.1 Å². The number of nitro groups is 1. The van der Waals surface area contributed by atoms with E-state index in [0.717, 1.165) is 6.54 Å². The Morgan fingerprint density at radius 2 is 2.00 bits per heavy atom. The van der Waals surface area contributed by atoms with Gasteiger partial charge in [0.05, 0.1) is 4.92 Å². The van der Waals surface area contributed by atoms with Crippen LogP contribution >= 0.6 is 0 Å². The van der Waals surface area contributed by atoms with Gasteiger partial charge in [0.25, 0.3) is 0 Å². The minimum atomic E-state index is -0.321. The van der Waals surface area contributed by atoms with E-state index >= 15 is 0 Å². The summed E-state index contributed by atoms with van der Waals surface area (Å²) in [6, 6.07) is 5.35. The molecule has 2 atom stereocenters. The summed E-state index contributed by atoms with van der Waals surface area (Å²) in [4.78, 5) is 10.9. The lowest BCUT2D eigenvalue weighted by Crippen LogP contribution is -2.24. The molecule has 5 nitrogen and oxygen atoms in total. The maximum absolute atomic E-state index is 11.2. The molecule has 1 aromatic rings. The molecule has 110 valence electrons. The summed E-state index contributed by atoms with van der Waals surface area (Å²) in [5, 5.41) is 17.4. The summed E-state index contributed by atoms with van der Waals surface area (Å²) in [5.41, 5.74) is 1.30. The number of para-hydroxylation sites is 1. The number of rotatable bonds is 5. The molecule has 0 aliphatic heterocycles. The third kappa shape index (κ3) is 3.21. The van der Waals surface area contributed by atoms with Gasteiger partial charge in [-0.25, -0.2) is 0 Å². The summed E-state index contributed by atoms with van der Waals surface area (Å²) in [6.45, 7) is 3.10. The molecule has 2 unspecified atom stereocenters. The molecule has 1 fully saturated rings. The van der Waals surface area contributed by atoms with Crippen molar-refractivity contribution in [1.29, 1.82) is 0 Å². The first kappa shape index (κ1) is 14.6. The number of nitrogens with one attached hydrogen (secondary N) is 2. The predicted molar refractivity (Wildman–Crippen MR) is 82.3 cm³/mol. The van der Waals surface area contributed by atoms with Crippen LogP contribution in [0, 0.1) is 22.0 Å². The normalized spacial score (nSPS) is 22.3. The number of anilines is 2. The number of nitro benzene ring substituents is 1. The van der Waals surface area contributed by atoms with Crippen LogP contribution < -0.4 is 10.6 Å². The predicted octanol–water partition coefficient (Wildman–Crippen LogP) is 3.87. The number of benzene rings is 1. The molecule has 1 saturated carbocycles. The molecule has 1 aliphatic carbocycles. The molecule has 0 bridgehead atoms. The fraction of sp³-hybridized carbons (Fsp3) is 0.600. The van der Waals surface area contributed by atoms with E-state index in [4.69, 9.17) is 0 Å². The van der Waals surface area contributed by atoms with Gasteiger partial charge in [-0.1, -0.05) is 32.3 Å². The molecular formula is C15H23N3O2. The monoisotopic (exact) mass is 277 g/mol. The van der Waals surface area contributed by atoms with E-state index in [1.54, 1.807) is 19.2 Å². The fourth-order valence-corrected chi connectivity index (χ4v) is 3.02. The Morgan fingerprint density at radius 1 is 1.30 bits per heavy atom.